The van der Waals surface area contributed by atoms with Gasteiger partial charge in [0, 0.05) is 26.5 Å². The van der Waals surface area contributed by atoms with E-state index in [1.165, 1.54) is 16.5 Å². The molecule has 3 rings (SSSR count). The fourth-order valence-electron chi connectivity index (χ4n) is 2.11. The second-order valence-electron chi connectivity index (χ2n) is 4.90. The summed E-state index contributed by atoms with van der Waals surface area (Å²) in [6, 6.07) is 21.3. The van der Waals surface area contributed by atoms with Crippen molar-refractivity contribution in [2.75, 3.05) is 5.32 Å². The molecule has 1 N–H and O–H groups in total. The van der Waals surface area contributed by atoms with E-state index in [0.29, 0.717) is 10.7 Å². The molecule has 0 fully saturated rings. The highest BCUT2D eigenvalue weighted by Crippen LogP contribution is 2.28. The Morgan fingerprint density at radius 1 is 1.00 bits per heavy atom. The van der Waals surface area contributed by atoms with E-state index in [9.17, 15) is 4.79 Å². The van der Waals surface area contributed by atoms with Gasteiger partial charge in [-0.3, -0.25) is 4.79 Å². The van der Waals surface area contributed by atoms with Crippen LogP contribution in [0.15, 0.2) is 72.8 Å². The molecule has 23 heavy (non-hydrogen) atoms. The maximum absolute atomic E-state index is 11.9. The summed E-state index contributed by atoms with van der Waals surface area (Å²) >= 11 is 7.54. The van der Waals surface area contributed by atoms with Crippen LogP contribution in [0.2, 0.25) is 5.02 Å². The highest BCUT2D eigenvalue weighted by atomic mass is 35.5. The van der Waals surface area contributed by atoms with E-state index >= 15 is 0 Å². The molecule has 0 spiro atoms. The van der Waals surface area contributed by atoms with Crippen molar-refractivity contribution in [1.82, 2.24) is 0 Å². The van der Waals surface area contributed by atoms with Gasteiger partial charge in [-0.25, -0.2) is 0 Å². The Morgan fingerprint density at radius 3 is 2.61 bits per heavy atom. The third-order valence-corrected chi connectivity index (χ3v) is 4.51. The molecule has 4 heteroatoms. The number of hydrogen-bond donors (Lipinski definition) is 1. The van der Waals surface area contributed by atoms with Crippen LogP contribution in [-0.2, 0) is 4.79 Å². The van der Waals surface area contributed by atoms with Gasteiger partial charge in [-0.2, -0.15) is 0 Å². The first-order valence-corrected chi connectivity index (χ1v) is 8.30. The van der Waals surface area contributed by atoms with Gasteiger partial charge >= 0.3 is 0 Å². The Hall–Kier alpha value is -2.36. The second-order valence-corrected chi connectivity index (χ2v) is 6.45. The van der Waals surface area contributed by atoms with Crippen molar-refractivity contribution < 1.29 is 4.79 Å². The summed E-state index contributed by atoms with van der Waals surface area (Å²) in [6.45, 7) is 0. The summed E-state index contributed by atoms with van der Waals surface area (Å²) in [7, 11) is 0. The number of halogens is 1. The van der Waals surface area contributed by atoms with Crippen molar-refractivity contribution in [3.8, 4) is 10.4 Å². The topological polar surface area (TPSA) is 29.1 Å². The molecule has 0 bridgehead atoms. The maximum Gasteiger partial charge on any atom is 0.248 e. The number of carbonyl (C=O) groups is 1. The van der Waals surface area contributed by atoms with E-state index in [0.717, 1.165) is 4.88 Å². The summed E-state index contributed by atoms with van der Waals surface area (Å²) in [5.74, 6) is -0.179. The van der Waals surface area contributed by atoms with Crippen molar-refractivity contribution in [2.45, 2.75) is 0 Å². The Morgan fingerprint density at radius 2 is 1.83 bits per heavy atom. The van der Waals surface area contributed by atoms with Crippen LogP contribution < -0.4 is 5.32 Å². The molecule has 2 aromatic carbocycles. The zero-order valence-corrected chi connectivity index (χ0v) is 13.8. The minimum Gasteiger partial charge on any atom is -0.322 e. The molecule has 0 atom stereocenters. The minimum atomic E-state index is -0.179. The van der Waals surface area contributed by atoms with E-state index in [2.05, 4.69) is 23.5 Å². The SMILES string of the molecule is O=C(/C=C/c1ccc(-c2ccccc2)s1)Nc1cccc(Cl)c1. The van der Waals surface area contributed by atoms with Gasteiger partial charge in [0.15, 0.2) is 0 Å². The highest BCUT2D eigenvalue weighted by Gasteiger charge is 2.02. The van der Waals surface area contributed by atoms with Gasteiger partial charge in [0.25, 0.3) is 0 Å². The van der Waals surface area contributed by atoms with Crippen LogP contribution in [0.4, 0.5) is 5.69 Å². The van der Waals surface area contributed by atoms with Crippen molar-refractivity contribution >= 4 is 40.6 Å². The molecular weight excluding hydrogens is 326 g/mol. The van der Waals surface area contributed by atoms with E-state index in [1.807, 2.05) is 30.3 Å². The summed E-state index contributed by atoms with van der Waals surface area (Å²) in [5, 5.41) is 3.38. The zero-order valence-electron chi connectivity index (χ0n) is 12.2. The first kappa shape index (κ1) is 15.5. The number of thiophene rings is 1. The van der Waals surface area contributed by atoms with E-state index in [-0.39, 0.29) is 5.91 Å². The Kier molecular flexibility index (Phi) is 4.91. The number of amides is 1. The standard InChI is InChI=1S/C19H14ClNOS/c20-15-7-4-8-16(13-15)21-19(22)12-10-17-9-11-18(23-17)14-5-2-1-3-6-14/h1-13H,(H,21,22)/b12-10+. The zero-order chi connectivity index (χ0) is 16.1. The number of anilines is 1. The molecule has 3 aromatic rings. The lowest BCUT2D eigenvalue weighted by Gasteiger charge is -2.01. The van der Waals surface area contributed by atoms with Crippen LogP contribution in [0.1, 0.15) is 4.88 Å². The number of carbonyl (C=O) groups excluding carboxylic acids is 1. The molecule has 0 aliphatic rings. The third-order valence-electron chi connectivity index (χ3n) is 3.18. The lowest BCUT2D eigenvalue weighted by atomic mass is 10.2. The van der Waals surface area contributed by atoms with Crippen LogP contribution in [0, 0.1) is 0 Å². The Balaban J connectivity index is 1.66. The molecule has 2 nitrogen and oxygen atoms in total. The molecule has 0 radical (unpaired) electrons. The summed E-state index contributed by atoms with van der Waals surface area (Å²) < 4.78 is 0. The van der Waals surface area contributed by atoms with Crippen molar-refractivity contribution in [2.24, 2.45) is 0 Å². The average molecular weight is 340 g/mol. The Bertz CT molecular complexity index is 839. The van der Waals surface area contributed by atoms with Crippen molar-refractivity contribution in [3.63, 3.8) is 0 Å². The molecule has 1 aromatic heterocycles. The monoisotopic (exact) mass is 339 g/mol. The fourth-order valence-corrected chi connectivity index (χ4v) is 3.21. The molecule has 114 valence electrons. The first-order valence-electron chi connectivity index (χ1n) is 7.10. The first-order chi connectivity index (χ1) is 11.2. The average Bonchev–Trinajstić information content (AvgIpc) is 3.03. The van der Waals surface area contributed by atoms with Gasteiger partial charge in [0.05, 0.1) is 0 Å². The molecule has 0 aliphatic heterocycles. The van der Waals surface area contributed by atoms with E-state index < -0.39 is 0 Å². The smallest absolute Gasteiger partial charge is 0.248 e. The number of hydrogen-bond acceptors (Lipinski definition) is 2. The predicted octanol–water partition coefficient (Wildman–Crippen LogP) is 5.72. The number of rotatable bonds is 4. The maximum atomic E-state index is 11.9. The fraction of sp³-hybridized carbons (Fsp3) is 0. The molecule has 0 unspecified atom stereocenters. The minimum absolute atomic E-state index is 0.179. The molecule has 0 saturated carbocycles. The third kappa shape index (κ3) is 4.31. The van der Waals surface area contributed by atoms with Gasteiger partial charge in [0.1, 0.15) is 0 Å². The predicted molar refractivity (Wildman–Crippen MR) is 98.9 cm³/mol. The molecular formula is C19H14ClNOS. The molecule has 1 heterocycles. The van der Waals surface area contributed by atoms with Crippen LogP contribution in [0.25, 0.3) is 16.5 Å². The van der Waals surface area contributed by atoms with Crippen molar-refractivity contribution in [1.29, 1.82) is 0 Å². The Labute approximate surface area is 144 Å². The summed E-state index contributed by atoms with van der Waals surface area (Å²) in [6.07, 6.45) is 3.35. The quantitative estimate of drug-likeness (QED) is 0.605. The number of benzene rings is 2. The van der Waals surface area contributed by atoms with Gasteiger partial charge in [-0.05, 0) is 42.0 Å². The van der Waals surface area contributed by atoms with Crippen LogP contribution in [0.3, 0.4) is 0 Å². The highest BCUT2D eigenvalue weighted by molar-refractivity contribution is 7.16. The van der Waals surface area contributed by atoms with Gasteiger partial charge in [0.2, 0.25) is 5.91 Å². The molecule has 0 aliphatic carbocycles. The lowest BCUT2D eigenvalue weighted by Crippen LogP contribution is -2.07. The normalized spacial score (nSPS) is 10.8. The summed E-state index contributed by atoms with van der Waals surface area (Å²) in [5.41, 5.74) is 1.86. The van der Waals surface area contributed by atoms with Crippen molar-refractivity contribution in [3.05, 3.63) is 82.7 Å². The van der Waals surface area contributed by atoms with Gasteiger partial charge in [-0.1, -0.05) is 48.0 Å². The largest absolute Gasteiger partial charge is 0.322 e. The number of nitrogens with one attached hydrogen (secondary N) is 1. The van der Waals surface area contributed by atoms with E-state index in [1.54, 1.807) is 35.6 Å². The van der Waals surface area contributed by atoms with E-state index in [4.69, 9.17) is 11.6 Å². The second kappa shape index (κ2) is 7.27. The van der Waals surface area contributed by atoms with Crippen LogP contribution >= 0.6 is 22.9 Å². The summed E-state index contributed by atoms with van der Waals surface area (Å²) in [4.78, 5) is 14.2. The van der Waals surface area contributed by atoms with Gasteiger partial charge < -0.3 is 5.32 Å². The van der Waals surface area contributed by atoms with Gasteiger partial charge in [-0.15, -0.1) is 11.3 Å². The van der Waals surface area contributed by atoms with Crippen LogP contribution in [-0.4, -0.2) is 5.91 Å². The molecule has 1 amide bonds. The lowest BCUT2D eigenvalue weighted by molar-refractivity contribution is -0.111. The molecule has 0 saturated heterocycles. The van der Waals surface area contributed by atoms with Crippen LogP contribution in [0.5, 0.6) is 0 Å².